The molecule has 0 fully saturated rings. The van der Waals surface area contributed by atoms with Crippen LogP contribution in [0.15, 0.2) is 261 Å². The molecular weight excluding hydrogens is 1100 g/mol. The Morgan fingerprint density at radius 1 is 0.276 bits per heavy atom. The number of aryl methyl sites for hydroxylation is 4. The van der Waals surface area contributed by atoms with E-state index >= 15 is 0 Å². The van der Waals surface area contributed by atoms with Crippen LogP contribution in [-0.4, -0.2) is 29.5 Å². The summed E-state index contributed by atoms with van der Waals surface area (Å²) in [7, 11) is 0. The highest BCUT2D eigenvalue weighted by molar-refractivity contribution is 5.96. The van der Waals surface area contributed by atoms with Crippen molar-refractivity contribution in [3.8, 4) is 0 Å². The molecule has 10 aromatic carbocycles. The van der Waals surface area contributed by atoms with Gasteiger partial charge in [-0.15, -0.1) is 0 Å². The van der Waals surface area contributed by atoms with Gasteiger partial charge in [-0.05, 0) is 134 Å². The van der Waals surface area contributed by atoms with Crippen LogP contribution in [0.5, 0.6) is 0 Å². The third-order valence-corrected chi connectivity index (χ3v) is 13.0. The van der Waals surface area contributed by atoms with Crippen molar-refractivity contribution in [2.75, 3.05) is 0 Å². The van der Waals surface area contributed by atoms with Crippen LogP contribution >= 0.6 is 0 Å². The average molecular weight is 1170 g/mol. The number of halogens is 3. The zero-order valence-electron chi connectivity index (χ0n) is 49.0. The lowest BCUT2D eigenvalue weighted by atomic mass is 10.1. The van der Waals surface area contributed by atoms with Crippen LogP contribution in [0.1, 0.15) is 102 Å². The fourth-order valence-electron chi connectivity index (χ4n) is 7.97. The predicted octanol–water partition coefficient (Wildman–Crippen LogP) is 14.7. The van der Waals surface area contributed by atoms with Crippen LogP contribution in [0.4, 0.5) is 13.2 Å². The molecule has 0 aliphatic heterocycles. The van der Waals surface area contributed by atoms with E-state index in [1.54, 1.807) is 78.9 Å². The molecule has 0 radical (unpaired) electrons. The molecule has 0 spiro atoms. The number of hydrogen-bond donors (Lipinski definition) is 5. The van der Waals surface area contributed by atoms with E-state index in [0.717, 1.165) is 27.8 Å². The van der Waals surface area contributed by atoms with Gasteiger partial charge in [0.15, 0.2) is 0 Å². The number of carbonyl (C=O) groups is 5. The zero-order chi connectivity index (χ0) is 62.2. The zero-order valence-corrected chi connectivity index (χ0v) is 49.0. The third kappa shape index (κ3) is 23.9. The van der Waals surface area contributed by atoms with Crippen molar-refractivity contribution in [1.82, 2.24) is 26.6 Å². The fraction of sp³-hybridized carbons (Fsp3) is 0.122. The average Bonchev–Trinajstić information content (AvgIpc) is 3.65. The van der Waals surface area contributed by atoms with Gasteiger partial charge >= 0.3 is 0 Å². The van der Waals surface area contributed by atoms with E-state index in [4.69, 9.17) is 0 Å². The van der Waals surface area contributed by atoms with Crippen molar-refractivity contribution in [3.05, 3.63) is 356 Å². The summed E-state index contributed by atoms with van der Waals surface area (Å²) >= 11 is 0. The Labute approximate surface area is 507 Å². The van der Waals surface area contributed by atoms with Crippen LogP contribution in [0.2, 0.25) is 0 Å². The second kappa shape index (κ2) is 35.5. The van der Waals surface area contributed by atoms with E-state index in [1.165, 1.54) is 47.0 Å². The number of amides is 5. The Hall–Kier alpha value is -10.7. The molecule has 0 aliphatic rings. The molecule has 87 heavy (non-hydrogen) atoms. The van der Waals surface area contributed by atoms with Gasteiger partial charge < -0.3 is 26.6 Å². The quantitative estimate of drug-likeness (QED) is 0.0694. The van der Waals surface area contributed by atoms with Crippen molar-refractivity contribution >= 4 is 29.5 Å². The molecule has 0 bridgehead atoms. The van der Waals surface area contributed by atoms with Crippen molar-refractivity contribution < 1.29 is 37.1 Å². The largest absolute Gasteiger partial charge is 0.348 e. The van der Waals surface area contributed by atoms with E-state index in [1.807, 2.05) is 179 Å². The second-order valence-corrected chi connectivity index (χ2v) is 20.0. The van der Waals surface area contributed by atoms with E-state index < -0.39 is 11.7 Å². The Morgan fingerprint density at radius 3 is 0.954 bits per heavy atom. The number of rotatable bonds is 15. The SMILES string of the molecule is Cc1ccc(CNC(=O)c2ccccc2)c(F)c1.Cc1ccc(CNC(=O)c2ccccc2)cc1.Cc1ccc(CNC(=O)c2ccccc2)cc1.Cc1ccc(CNC(=O)c2ccccc2F)cc1.O=C(NCc1cccc(F)c1)c1ccccc1. The minimum atomic E-state index is -0.501. The van der Waals surface area contributed by atoms with Gasteiger partial charge in [0, 0.05) is 60.5 Å². The Balaban J connectivity index is 0.000000174. The van der Waals surface area contributed by atoms with Gasteiger partial charge in [-0.1, -0.05) is 199 Å². The molecular formula is C74H70F3N5O5. The first-order valence-corrected chi connectivity index (χ1v) is 28.1. The standard InChI is InChI=1S/2C15H14FNO.2C15H15NO.C14H12FNO/c1-11-6-8-12(9-7-11)10-17-15(18)13-4-2-3-5-14(13)16;1-11-7-8-13(14(16)9-11)10-17-15(18)12-5-3-2-4-6-12;2*1-12-7-9-13(10-8-12)11-16-15(17)14-5-3-2-4-6-14;15-13-8-4-5-11(9-13)10-16-14(17)12-6-2-1-3-7-12/h2*2-9H,10H2,1H3,(H,17,18);2*2-10H,11H2,1H3,(H,16,17);1-9H,10H2,(H,16,17). The second-order valence-electron chi connectivity index (χ2n) is 20.0. The highest BCUT2D eigenvalue weighted by Gasteiger charge is 2.11. The van der Waals surface area contributed by atoms with E-state index in [9.17, 15) is 37.1 Å². The van der Waals surface area contributed by atoms with Gasteiger partial charge in [0.2, 0.25) is 0 Å². The summed E-state index contributed by atoms with van der Waals surface area (Å²) in [5.41, 5.74) is 11.6. The molecule has 0 atom stereocenters. The van der Waals surface area contributed by atoms with Gasteiger partial charge in [-0.2, -0.15) is 0 Å². The molecule has 0 aromatic heterocycles. The lowest BCUT2D eigenvalue weighted by molar-refractivity contribution is 0.0939. The summed E-state index contributed by atoms with van der Waals surface area (Å²) in [6.07, 6.45) is 0. The Kier molecular flexibility index (Phi) is 26.7. The molecule has 0 heterocycles. The van der Waals surface area contributed by atoms with E-state index in [-0.39, 0.29) is 47.4 Å². The molecule has 5 amide bonds. The number of nitrogens with one attached hydrogen (secondary N) is 5. The maximum atomic E-state index is 13.6. The summed E-state index contributed by atoms with van der Waals surface area (Å²) in [5.74, 6) is -1.91. The van der Waals surface area contributed by atoms with E-state index in [0.29, 0.717) is 54.0 Å². The molecule has 0 unspecified atom stereocenters. The van der Waals surface area contributed by atoms with Crippen molar-refractivity contribution in [1.29, 1.82) is 0 Å². The predicted molar refractivity (Wildman–Crippen MR) is 339 cm³/mol. The normalized spacial score (nSPS) is 10.0. The molecule has 0 saturated carbocycles. The Morgan fingerprint density at radius 2 is 0.598 bits per heavy atom. The van der Waals surface area contributed by atoms with Crippen LogP contribution in [0.25, 0.3) is 0 Å². The maximum absolute atomic E-state index is 13.6. The monoisotopic (exact) mass is 1170 g/mol. The van der Waals surface area contributed by atoms with Gasteiger partial charge in [0.1, 0.15) is 17.5 Å². The molecule has 10 aromatic rings. The van der Waals surface area contributed by atoms with Crippen LogP contribution in [0, 0.1) is 45.1 Å². The molecule has 5 N–H and O–H groups in total. The first-order valence-electron chi connectivity index (χ1n) is 28.1. The van der Waals surface area contributed by atoms with Gasteiger partial charge in [-0.25, -0.2) is 13.2 Å². The first-order chi connectivity index (χ1) is 42.1. The number of benzene rings is 10. The highest BCUT2D eigenvalue weighted by atomic mass is 19.1. The van der Waals surface area contributed by atoms with Gasteiger partial charge in [0.25, 0.3) is 29.5 Å². The molecule has 10 nitrogen and oxygen atoms in total. The van der Waals surface area contributed by atoms with Crippen molar-refractivity contribution in [2.45, 2.75) is 60.4 Å². The molecule has 13 heteroatoms. The minimum absolute atomic E-state index is 0.0359. The summed E-state index contributed by atoms with van der Waals surface area (Å²) in [6.45, 7) is 9.97. The van der Waals surface area contributed by atoms with Gasteiger partial charge in [-0.3, -0.25) is 24.0 Å². The molecule has 0 aliphatic carbocycles. The lowest BCUT2D eigenvalue weighted by Crippen LogP contribution is -2.23. The summed E-state index contributed by atoms with van der Waals surface area (Å²) in [6, 6.07) is 77.5. The molecule has 0 saturated heterocycles. The summed E-state index contributed by atoms with van der Waals surface area (Å²) < 4.78 is 39.8. The number of carbonyl (C=O) groups excluding carboxylic acids is 5. The lowest BCUT2D eigenvalue weighted by Gasteiger charge is -2.07. The Bertz CT molecular complexity index is 3650. The first kappa shape index (κ1) is 65.5. The summed E-state index contributed by atoms with van der Waals surface area (Å²) in [4.78, 5) is 58.8. The van der Waals surface area contributed by atoms with E-state index in [2.05, 4.69) is 26.6 Å². The molecule has 442 valence electrons. The van der Waals surface area contributed by atoms with Crippen molar-refractivity contribution in [2.24, 2.45) is 0 Å². The smallest absolute Gasteiger partial charge is 0.254 e. The highest BCUT2D eigenvalue weighted by Crippen LogP contribution is 2.12. The maximum Gasteiger partial charge on any atom is 0.254 e. The van der Waals surface area contributed by atoms with Crippen molar-refractivity contribution in [3.63, 3.8) is 0 Å². The topological polar surface area (TPSA) is 146 Å². The fourth-order valence-corrected chi connectivity index (χ4v) is 7.97. The van der Waals surface area contributed by atoms with Gasteiger partial charge in [0.05, 0.1) is 5.56 Å². The van der Waals surface area contributed by atoms with Crippen LogP contribution in [-0.2, 0) is 32.7 Å². The van der Waals surface area contributed by atoms with Crippen LogP contribution < -0.4 is 26.6 Å². The minimum Gasteiger partial charge on any atom is -0.348 e. The molecule has 10 rings (SSSR count). The third-order valence-electron chi connectivity index (χ3n) is 13.0. The van der Waals surface area contributed by atoms with Crippen LogP contribution in [0.3, 0.4) is 0 Å². The summed E-state index contributed by atoms with van der Waals surface area (Å²) in [5, 5.41) is 13.9. The number of hydrogen-bond acceptors (Lipinski definition) is 5.